The lowest BCUT2D eigenvalue weighted by molar-refractivity contribution is 0.575. The van der Waals surface area contributed by atoms with Crippen LogP contribution in [-0.4, -0.2) is 4.98 Å². The Morgan fingerprint density at radius 3 is 2.83 bits per heavy atom. The highest BCUT2D eigenvalue weighted by Crippen LogP contribution is 2.27. The Labute approximate surface area is 70.2 Å². The summed E-state index contributed by atoms with van der Waals surface area (Å²) in [5.74, 6) is 1.45. The molecule has 62 valence electrons. The van der Waals surface area contributed by atoms with Crippen molar-refractivity contribution in [2.45, 2.75) is 13.8 Å². The van der Waals surface area contributed by atoms with Crippen molar-refractivity contribution in [2.24, 2.45) is 0 Å². The van der Waals surface area contributed by atoms with E-state index >= 15 is 0 Å². The monoisotopic (exact) mass is 162 g/mol. The molecule has 3 heteroatoms. The van der Waals surface area contributed by atoms with E-state index < -0.39 is 0 Å². The van der Waals surface area contributed by atoms with Gasteiger partial charge in [-0.2, -0.15) is 0 Å². The molecule has 12 heavy (non-hydrogen) atoms. The smallest absolute Gasteiger partial charge is 0.139 e. The maximum atomic E-state index is 5.70. The van der Waals surface area contributed by atoms with E-state index in [1.807, 2.05) is 19.9 Å². The van der Waals surface area contributed by atoms with Gasteiger partial charge in [-0.25, -0.2) is 4.98 Å². The minimum Gasteiger partial charge on any atom is -0.461 e. The number of hydrogen-bond donors (Lipinski definition) is 1. The van der Waals surface area contributed by atoms with Gasteiger partial charge in [-0.3, -0.25) is 0 Å². The molecule has 3 nitrogen and oxygen atoms in total. The standard InChI is InChI=1S/C9H10N2O/c1-5-6(2)12-7-3-4-11-9(10)8(5)7/h3-4H,1-2H3,(H2,10,11). The maximum absolute atomic E-state index is 5.70. The first-order valence-corrected chi connectivity index (χ1v) is 3.80. The molecule has 0 aromatic carbocycles. The fourth-order valence-electron chi connectivity index (χ4n) is 1.34. The molecule has 0 saturated carbocycles. The molecule has 0 bridgehead atoms. The number of furan rings is 1. The lowest BCUT2D eigenvalue weighted by Crippen LogP contribution is -1.89. The van der Waals surface area contributed by atoms with Gasteiger partial charge in [0.25, 0.3) is 0 Å². The van der Waals surface area contributed by atoms with Gasteiger partial charge in [-0.1, -0.05) is 0 Å². The Kier molecular flexibility index (Phi) is 1.33. The molecule has 0 saturated heterocycles. The summed E-state index contributed by atoms with van der Waals surface area (Å²) < 4.78 is 5.46. The Hall–Kier alpha value is -1.51. The molecular weight excluding hydrogens is 152 g/mol. The summed E-state index contributed by atoms with van der Waals surface area (Å²) in [6.45, 7) is 3.91. The third-order valence-electron chi connectivity index (χ3n) is 2.11. The summed E-state index contributed by atoms with van der Waals surface area (Å²) in [4.78, 5) is 4.00. The largest absolute Gasteiger partial charge is 0.461 e. The van der Waals surface area contributed by atoms with E-state index in [9.17, 15) is 0 Å². The SMILES string of the molecule is Cc1oc2ccnc(N)c2c1C. The summed E-state index contributed by atoms with van der Waals surface area (Å²) in [6, 6.07) is 1.83. The first-order chi connectivity index (χ1) is 5.70. The number of nitrogens with zero attached hydrogens (tertiary/aromatic N) is 1. The first-order valence-electron chi connectivity index (χ1n) is 3.80. The van der Waals surface area contributed by atoms with Crippen molar-refractivity contribution in [3.8, 4) is 0 Å². The summed E-state index contributed by atoms with van der Waals surface area (Å²) >= 11 is 0. The quantitative estimate of drug-likeness (QED) is 0.644. The maximum Gasteiger partial charge on any atom is 0.139 e. The van der Waals surface area contributed by atoms with Crippen molar-refractivity contribution in [3.05, 3.63) is 23.6 Å². The third kappa shape index (κ3) is 0.794. The van der Waals surface area contributed by atoms with Crippen LogP contribution in [-0.2, 0) is 0 Å². The molecule has 2 rings (SSSR count). The molecule has 0 unspecified atom stereocenters. The van der Waals surface area contributed by atoms with E-state index in [0.717, 1.165) is 22.3 Å². The fraction of sp³-hybridized carbons (Fsp3) is 0.222. The number of aryl methyl sites for hydroxylation is 2. The normalized spacial score (nSPS) is 10.8. The number of nitrogen functional groups attached to an aromatic ring is 1. The molecular formula is C9H10N2O. The molecule has 0 fully saturated rings. The second kappa shape index (κ2) is 2.24. The van der Waals surface area contributed by atoms with Crippen LogP contribution in [0.25, 0.3) is 11.0 Å². The average Bonchev–Trinajstić information content (AvgIpc) is 2.29. The van der Waals surface area contributed by atoms with Crippen molar-refractivity contribution in [3.63, 3.8) is 0 Å². The Balaban J connectivity index is 2.97. The van der Waals surface area contributed by atoms with Crippen LogP contribution in [0.15, 0.2) is 16.7 Å². The van der Waals surface area contributed by atoms with E-state index in [2.05, 4.69) is 4.98 Å². The summed E-state index contributed by atoms with van der Waals surface area (Å²) in [7, 11) is 0. The lowest BCUT2D eigenvalue weighted by atomic mass is 10.2. The topological polar surface area (TPSA) is 52.0 Å². The average molecular weight is 162 g/mol. The van der Waals surface area contributed by atoms with Crippen LogP contribution in [0.5, 0.6) is 0 Å². The number of nitrogens with two attached hydrogens (primary N) is 1. The number of rotatable bonds is 0. The lowest BCUT2D eigenvalue weighted by Gasteiger charge is -1.93. The van der Waals surface area contributed by atoms with Gasteiger partial charge < -0.3 is 10.2 Å². The molecule has 0 aliphatic heterocycles. The highest BCUT2D eigenvalue weighted by Gasteiger charge is 2.09. The minimum absolute atomic E-state index is 0.543. The van der Waals surface area contributed by atoms with Crippen LogP contribution >= 0.6 is 0 Å². The van der Waals surface area contributed by atoms with Gasteiger partial charge in [-0.15, -0.1) is 0 Å². The minimum atomic E-state index is 0.543. The number of anilines is 1. The van der Waals surface area contributed by atoms with E-state index in [1.54, 1.807) is 6.20 Å². The Morgan fingerprint density at radius 1 is 1.42 bits per heavy atom. The molecule has 2 heterocycles. The number of fused-ring (bicyclic) bond motifs is 1. The van der Waals surface area contributed by atoms with Crippen LogP contribution in [0, 0.1) is 13.8 Å². The van der Waals surface area contributed by atoms with Gasteiger partial charge in [0.2, 0.25) is 0 Å². The molecule has 2 aromatic heterocycles. The van der Waals surface area contributed by atoms with Crippen molar-refractivity contribution >= 4 is 16.8 Å². The summed E-state index contributed by atoms with van der Waals surface area (Å²) in [6.07, 6.45) is 1.65. The predicted molar refractivity (Wildman–Crippen MR) is 47.9 cm³/mol. The van der Waals surface area contributed by atoms with Crippen LogP contribution in [0.1, 0.15) is 11.3 Å². The van der Waals surface area contributed by atoms with Gasteiger partial charge in [0.1, 0.15) is 17.2 Å². The first kappa shape index (κ1) is 7.16. The van der Waals surface area contributed by atoms with Crippen LogP contribution in [0.3, 0.4) is 0 Å². The molecule has 0 aliphatic rings. The Bertz CT molecular complexity index is 431. The zero-order chi connectivity index (χ0) is 8.72. The highest BCUT2D eigenvalue weighted by molar-refractivity contribution is 5.90. The molecule has 0 radical (unpaired) electrons. The van der Waals surface area contributed by atoms with Gasteiger partial charge in [0.15, 0.2) is 0 Å². The predicted octanol–water partition coefficient (Wildman–Crippen LogP) is 2.03. The summed E-state index contributed by atoms with van der Waals surface area (Å²) in [5.41, 5.74) is 7.60. The Morgan fingerprint density at radius 2 is 2.17 bits per heavy atom. The van der Waals surface area contributed by atoms with Gasteiger partial charge in [0, 0.05) is 11.8 Å². The van der Waals surface area contributed by atoms with Crippen LogP contribution in [0.4, 0.5) is 5.82 Å². The molecule has 0 spiro atoms. The second-order valence-corrected chi connectivity index (χ2v) is 2.85. The summed E-state index contributed by atoms with van der Waals surface area (Å²) in [5, 5.41) is 0.940. The van der Waals surface area contributed by atoms with Crippen molar-refractivity contribution in [1.29, 1.82) is 0 Å². The fourth-order valence-corrected chi connectivity index (χ4v) is 1.34. The second-order valence-electron chi connectivity index (χ2n) is 2.85. The van der Waals surface area contributed by atoms with Crippen molar-refractivity contribution < 1.29 is 4.42 Å². The number of pyridine rings is 1. The van der Waals surface area contributed by atoms with Gasteiger partial charge >= 0.3 is 0 Å². The molecule has 0 amide bonds. The van der Waals surface area contributed by atoms with E-state index in [0.29, 0.717) is 5.82 Å². The number of aromatic nitrogens is 1. The van der Waals surface area contributed by atoms with Crippen molar-refractivity contribution in [1.82, 2.24) is 4.98 Å². The third-order valence-corrected chi connectivity index (χ3v) is 2.11. The molecule has 0 aliphatic carbocycles. The highest BCUT2D eigenvalue weighted by atomic mass is 16.3. The van der Waals surface area contributed by atoms with Gasteiger partial charge in [0.05, 0.1) is 5.39 Å². The molecule has 2 aromatic rings. The van der Waals surface area contributed by atoms with Crippen molar-refractivity contribution in [2.75, 3.05) is 5.73 Å². The van der Waals surface area contributed by atoms with E-state index in [-0.39, 0.29) is 0 Å². The van der Waals surface area contributed by atoms with E-state index in [4.69, 9.17) is 10.2 Å². The van der Waals surface area contributed by atoms with Crippen LogP contribution in [0.2, 0.25) is 0 Å². The van der Waals surface area contributed by atoms with E-state index in [1.165, 1.54) is 0 Å². The van der Waals surface area contributed by atoms with Gasteiger partial charge in [-0.05, 0) is 19.9 Å². The zero-order valence-electron chi connectivity index (χ0n) is 7.09. The zero-order valence-corrected chi connectivity index (χ0v) is 7.09. The molecule has 0 atom stereocenters. The van der Waals surface area contributed by atoms with Crippen LogP contribution < -0.4 is 5.73 Å². The molecule has 2 N–H and O–H groups in total. The number of hydrogen-bond acceptors (Lipinski definition) is 3.